The lowest BCUT2D eigenvalue weighted by Gasteiger charge is -2.32. The van der Waals surface area contributed by atoms with Crippen LogP contribution in [0.1, 0.15) is 11.1 Å². The highest BCUT2D eigenvalue weighted by atomic mass is 79.9. The van der Waals surface area contributed by atoms with Crippen LogP contribution in [0.3, 0.4) is 0 Å². The summed E-state index contributed by atoms with van der Waals surface area (Å²) in [6.07, 6.45) is 0. The zero-order valence-corrected chi connectivity index (χ0v) is 13.7. The third-order valence-corrected chi connectivity index (χ3v) is 3.84. The molecule has 4 nitrogen and oxygen atoms in total. The fourth-order valence-corrected chi connectivity index (χ4v) is 2.54. The molecule has 0 saturated heterocycles. The van der Waals surface area contributed by atoms with Crippen LogP contribution in [0.15, 0.2) is 53.0 Å². The van der Waals surface area contributed by atoms with Crippen LogP contribution in [0.5, 0.6) is 0 Å². The van der Waals surface area contributed by atoms with E-state index in [2.05, 4.69) is 21.2 Å². The number of nitrogen functional groups attached to an aromatic ring is 1. The topological polar surface area (TPSA) is 56.5 Å². The van der Waals surface area contributed by atoms with E-state index in [1.54, 1.807) is 14.2 Å². The summed E-state index contributed by atoms with van der Waals surface area (Å²) in [6, 6.07) is 15.5. The zero-order valence-electron chi connectivity index (χ0n) is 12.1. The summed E-state index contributed by atoms with van der Waals surface area (Å²) in [6.45, 7) is 0.523. The molecule has 0 atom stereocenters. The highest BCUT2D eigenvalue weighted by molar-refractivity contribution is 9.10. The van der Waals surface area contributed by atoms with Crippen molar-refractivity contribution in [2.45, 2.75) is 12.5 Å². The molecule has 5 heteroatoms. The maximum absolute atomic E-state index is 6.02. The first-order valence-corrected chi connectivity index (χ1v) is 7.35. The summed E-state index contributed by atoms with van der Waals surface area (Å²) >= 11 is 3.40. The van der Waals surface area contributed by atoms with E-state index in [1.165, 1.54) is 0 Å². The molecule has 0 spiro atoms. The SMILES string of the molecule is COC(NCc1ccc(Br)cc1N)(OC)c1ccccc1. The van der Waals surface area contributed by atoms with Gasteiger partial charge in [0.15, 0.2) is 0 Å². The van der Waals surface area contributed by atoms with Gasteiger partial charge in [-0.15, -0.1) is 0 Å². The van der Waals surface area contributed by atoms with Crippen LogP contribution in [0, 0.1) is 0 Å². The lowest BCUT2D eigenvalue weighted by Crippen LogP contribution is -2.45. The fourth-order valence-electron chi connectivity index (χ4n) is 2.16. The monoisotopic (exact) mass is 350 g/mol. The fraction of sp³-hybridized carbons (Fsp3) is 0.250. The third kappa shape index (κ3) is 3.63. The maximum Gasteiger partial charge on any atom is 0.255 e. The van der Waals surface area contributed by atoms with Gasteiger partial charge in [0.2, 0.25) is 0 Å². The second-order valence-electron chi connectivity index (χ2n) is 4.59. The normalized spacial score (nSPS) is 11.6. The average molecular weight is 351 g/mol. The molecule has 2 aromatic rings. The Morgan fingerprint density at radius 1 is 1.10 bits per heavy atom. The number of anilines is 1. The van der Waals surface area contributed by atoms with E-state index in [4.69, 9.17) is 15.2 Å². The van der Waals surface area contributed by atoms with Crippen LogP contribution in [0.4, 0.5) is 5.69 Å². The van der Waals surface area contributed by atoms with Crippen molar-refractivity contribution in [3.8, 4) is 0 Å². The highest BCUT2D eigenvalue weighted by Crippen LogP contribution is 2.25. The minimum absolute atomic E-state index is 0.523. The Balaban J connectivity index is 2.21. The molecule has 0 fully saturated rings. The van der Waals surface area contributed by atoms with Gasteiger partial charge in [0, 0.05) is 36.5 Å². The van der Waals surface area contributed by atoms with Crippen LogP contribution < -0.4 is 11.1 Å². The van der Waals surface area contributed by atoms with E-state index in [0.717, 1.165) is 15.6 Å². The maximum atomic E-state index is 6.02. The van der Waals surface area contributed by atoms with E-state index >= 15 is 0 Å². The van der Waals surface area contributed by atoms with E-state index in [9.17, 15) is 0 Å². The molecule has 0 bridgehead atoms. The van der Waals surface area contributed by atoms with Gasteiger partial charge in [-0.05, 0) is 17.7 Å². The van der Waals surface area contributed by atoms with Gasteiger partial charge in [-0.2, -0.15) is 0 Å². The summed E-state index contributed by atoms with van der Waals surface area (Å²) in [4.78, 5) is 0. The van der Waals surface area contributed by atoms with Gasteiger partial charge in [0.25, 0.3) is 5.91 Å². The smallest absolute Gasteiger partial charge is 0.255 e. The van der Waals surface area contributed by atoms with Gasteiger partial charge in [-0.1, -0.05) is 52.3 Å². The molecule has 0 radical (unpaired) electrons. The van der Waals surface area contributed by atoms with Gasteiger partial charge in [0.1, 0.15) is 0 Å². The Kier molecular flexibility index (Phi) is 5.36. The first kappa shape index (κ1) is 16.0. The molecule has 2 aromatic carbocycles. The Labute approximate surface area is 133 Å². The molecule has 112 valence electrons. The molecule has 3 N–H and O–H groups in total. The van der Waals surface area contributed by atoms with Crippen LogP contribution in [0.25, 0.3) is 0 Å². The van der Waals surface area contributed by atoms with Crippen molar-refractivity contribution in [3.63, 3.8) is 0 Å². The molecule has 0 amide bonds. The van der Waals surface area contributed by atoms with Gasteiger partial charge < -0.3 is 15.2 Å². The van der Waals surface area contributed by atoms with Crippen LogP contribution in [-0.2, 0) is 21.9 Å². The Morgan fingerprint density at radius 3 is 2.33 bits per heavy atom. The van der Waals surface area contributed by atoms with Gasteiger partial charge in [0.05, 0.1) is 0 Å². The molecular formula is C16H19BrN2O2. The number of hydrogen-bond donors (Lipinski definition) is 2. The minimum atomic E-state index is -0.999. The number of benzene rings is 2. The second-order valence-corrected chi connectivity index (χ2v) is 5.50. The molecule has 2 rings (SSSR count). The molecule has 21 heavy (non-hydrogen) atoms. The number of ether oxygens (including phenoxy) is 2. The van der Waals surface area contributed by atoms with E-state index in [-0.39, 0.29) is 0 Å². The lowest BCUT2D eigenvalue weighted by molar-refractivity contribution is -0.239. The zero-order chi connectivity index (χ0) is 15.3. The number of halogens is 1. The number of rotatable bonds is 6. The van der Waals surface area contributed by atoms with Crippen molar-refractivity contribution >= 4 is 21.6 Å². The van der Waals surface area contributed by atoms with Crippen molar-refractivity contribution in [1.29, 1.82) is 0 Å². The Morgan fingerprint density at radius 2 is 1.76 bits per heavy atom. The molecule has 0 aliphatic heterocycles. The predicted molar refractivity (Wildman–Crippen MR) is 87.5 cm³/mol. The molecular weight excluding hydrogens is 332 g/mol. The minimum Gasteiger partial charge on any atom is -0.398 e. The van der Waals surface area contributed by atoms with Crippen LogP contribution in [-0.4, -0.2) is 14.2 Å². The number of nitrogens with two attached hydrogens (primary N) is 1. The second kappa shape index (κ2) is 7.04. The first-order chi connectivity index (χ1) is 10.1. The number of methoxy groups -OCH3 is 2. The summed E-state index contributed by atoms with van der Waals surface area (Å²) in [5.41, 5.74) is 8.61. The van der Waals surface area contributed by atoms with Crippen molar-refractivity contribution in [1.82, 2.24) is 5.32 Å². The van der Waals surface area contributed by atoms with Crippen molar-refractivity contribution in [2.75, 3.05) is 20.0 Å². The van der Waals surface area contributed by atoms with Gasteiger partial charge in [-0.3, -0.25) is 5.32 Å². The standard InChI is InChI=1S/C16H19BrN2O2/c1-20-16(21-2,13-6-4-3-5-7-13)19-11-12-8-9-14(17)10-15(12)18/h3-10,19H,11,18H2,1-2H3. The summed E-state index contributed by atoms with van der Waals surface area (Å²) < 4.78 is 12.1. The predicted octanol–water partition coefficient (Wildman–Crippen LogP) is 3.22. The summed E-state index contributed by atoms with van der Waals surface area (Å²) in [5, 5.41) is 3.29. The number of nitrogens with one attached hydrogen (secondary N) is 1. The Hall–Kier alpha value is -1.40. The summed E-state index contributed by atoms with van der Waals surface area (Å²) in [5.74, 6) is -0.999. The molecule has 0 aliphatic carbocycles. The van der Waals surface area contributed by atoms with Crippen molar-refractivity contribution < 1.29 is 9.47 Å². The molecule has 0 aliphatic rings. The number of hydrogen-bond acceptors (Lipinski definition) is 4. The van der Waals surface area contributed by atoms with E-state index < -0.39 is 5.91 Å². The largest absolute Gasteiger partial charge is 0.398 e. The Bertz CT molecular complexity index is 586. The quantitative estimate of drug-likeness (QED) is 0.620. The first-order valence-electron chi connectivity index (χ1n) is 6.56. The van der Waals surface area contributed by atoms with Crippen molar-refractivity contribution in [3.05, 3.63) is 64.1 Å². The summed E-state index contributed by atoms with van der Waals surface area (Å²) in [7, 11) is 3.21. The van der Waals surface area contributed by atoms with Crippen molar-refractivity contribution in [2.24, 2.45) is 0 Å². The third-order valence-electron chi connectivity index (χ3n) is 3.35. The molecule has 0 saturated carbocycles. The van der Waals surface area contributed by atoms with Gasteiger partial charge >= 0.3 is 0 Å². The molecule has 0 heterocycles. The molecule has 0 aromatic heterocycles. The van der Waals surface area contributed by atoms with E-state index in [0.29, 0.717) is 12.2 Å². The highest BCUT2D eigenvalue weighted by Gasteiger charge is 2.31. The van der Waals surface area contributed by atoms with Gasteiger partial charge in [-0.25, -0.2) is 0 Å². The average Bonchev–Trinajstić information content (AvgIpc) is 2.51. The lowest BCUT2D eigenvalue weighted by atomic mass is 10.1. The van der Waals surface area contributed by atoms with Crippen LogP contribution in [0.2, 0.25) is 0 Å². The van der Waals surface area contributed by atoms with Crippen LogP contribution >= 0.6 is 15.9 Å². The molecule has 0 unspecified atom stereocenters. The van der Waals surface area contributed by atoms with E-state index in [1.807, 2.05) is 48.5 Å².